The summed E-state index contributed by atoms with van der Waals surface area (Å²) in [5.74, 6) is 1.12. The first-order valence-electron chi connectivity index (χ1n) is 8.43. The minimum atomic E-state index is 0.500. The summed E-state index contributed by atoms with van der Waals surface area (Å²) in [6, 6.07) is 6.81. The molecule has 2 fully saturated rings. The second kappa shape index (κ2) is 7.76. The van der Waals surface area contributed by atoms with E-state index >= 15 is 0 Å². The molecule has 0 aliphatic carbocycles. The molecule has 1 unspecified atom stereocenters. The van der Waals surface area contributed by atoms with Crippen molar-refractivity contribution in [3.05, 3.63) is 24.4 Å². The van der Waals surface area contributed by atoms with Gasteiger partial charge in [-0.2, -0.15) is 0 Å². The summed E-state index contributed by atoms with van der Waals surface area (Å²) in [6.45, 7) is 4.27. The van der Waals surface area contributed by atoms with Gasteiger partial charge in [0.2, 0.25) is 0 Å². The van der Waals surface area contributed by atoms with Crippen molar-refractivity contribution >= 4 is 5.82 Å². The van der Waals surface area contributed by atoms with Gasteiger partial charge in [-0.05, 0) is 57.2 Å². The molecular weight excluding hydrogens is 262 g/mol. The summed E-state index contributed by atoms with van der Waals surface area (Å²) < 4.78 is 5.79. The molecule has 3 heterocycles. The molecule has 0 saturated carbocycles. The number of rotatable bonds is 5. The van der Waals surface area contributed by atoms with Crippen molar-refractivity contribution in [1.29, 1.82) is 0 Å². The Morgan fingerprint density at radius 3 is 2.81 bits per heavy atom. The van der Waals surface area contributed by atoms with Crippen LogP contribution >= 0.6 is 0 Å². The Labute approximate surface area is 127 Å². The zero-order valence-corrected chi connectivity index (χ0v) is 12.8. The highest BCUT2D eigenvalue weighted by Crippen LogP contribution is 2.18. The summed E-state index contributed by atoms with van der Waals surface area (Å²) in [6.07, 6.45) is 9.80. The van der Waals surface area contributed by atoms with Crippen LogP contribution in [0.5, 0.6) is 0 Å². The van der Waals surface area contributed by atoms with Crippen LogP contribution in [0, 0.1) is 0 Å². The molecule has 2 aliphatic rings. The van der Waals surface area contributed by atoms with Crippen LogP contribution in [0.2, 0.25) is 0 Å². The van der Waals surface area contributed by atoms with E-state index in [1.165, 1.54) is 38.5 Å². The molecule has 0 aromatic carbocycles. The van der Waals surface area contributed by atoms with Crippen LogP contribution in [0.1, 0.15) is 38.5 Å². The van der Waals surface area contributed by atoms with Gasteiger partial charge in [0, 0.05) is 31.9 Å². The van der Waals surface area contributed by atoms with Gasteiger partial charge < -0.3 is 15.0 Å². The summed E-state index contributed by atoms with van der Waals surface area (Å²) in [5, 5.41) is 3.71. The average molecular weight is 289 g/mol. The molecule has 116 valence electrons. The van der Waals surface area contributed by atoms with E-state index in [9.17, 15) is 0 Å². The van der Waals surface area contributed by atoms with Crippen LogP contribution in [0.3, 0.4) is 0 Å². The fourth-order valence-corrected chi connectivity index (χ4v) is 3.34. The van der Waals surface area contributed by atoms with Crippen LogP contribution in [0.25, 0.3) is 0 Å². The van der Waals surface area contributed by atoms with Crippen LogP contribution in [0.15, 0.2) is 24.4 Å². The molecule has 0 spiro atoms. The number of ether oxygens (including phenoxy) is 1. The van der Waals surface area contributed by atoms with Crippen molar-refractivity contribution in [3.8, 4) is 0 Å². The van der Waals surface area contributed by atoms with E-state index in [1.54, 1.807) is 0 Å². The standard InChI is InChI=1S/C17H27N3O/c1-3-10-19-17(6-1)20-12-8-15(9-13-20)18-11-7-16-5-2-4-14-21-16/h1,3,6,10,15-16,18H,2,4-5,7-9,11-14H2. The third-order valence-corrected chi connectivity index (χ3v) is 4.64. The number of hydrogen-bond donors (Lipinski definition) is 1. The molecule has 21 heavy (non-hydrogen) atoms. The molecule has 0 bridgehead atoms. The minimum absolute atomic E-state index is 0.500. The van der Waals surface area contributed by atoms with Gasteiger partial charge in [0.15, 0.2) is 0 Å². The quantitative estimate of drug-likeness (QED) is 0.904. The Hall–Kier alpha value is -1.13. The Balaban J connectivity index is 1.34. The van der Waals surface area contributed by atoms with Crippen molar-refractivity contribution in [1.82, 2.24) is 10.3 Å². The fourth-order valence-electron chi connectivity index (χ4n) is 3.34. The maximum absolute atomic E-state index is 5.79. The second-order valence-corrected chi connectivity index (χ2v) is 6.18. The van der Waals surface area contributed by atoms with E-state index in [0.717, 1.165) is 32.1 Å². The van der Waals surface area contributed by atoms with E-state index in [0.29, 0.717) is 12.1 Å². The maximum Gasteiger partial charge on any atom is 0.128 e. The third-order valence-electron chi connectivity index (χ3n) is 4.64. The maximum atomic E-state index is 5.79. The molecule has 1 aromatic heterocycles. The Morgan fingerprint density at radius 2 is 2.10 bits per heavy atom. The van der Waals surface area contributed by atoms with E-state index in [-0.39, 0.29) is 0 Å². The summed E-state index contributed by atoms with van der Waals surface area (Å²) in [4.78, 5) is 6.83. The lowest BCUT2D eigenvalue weighted by atomic mass is 10.0. The van der Waals surface area contributed by atoms with Crippen molar-refractivity contribution in [3.63, 3.8) is 0 Å². The Kier molecular flexibility index (Phi) is 5.46. The van der Waals surface area contributed by atoms with Gasteiger partial charge in [0.25, 0.3) is 0 Å². The van der Waals surface area contributed by atoms with Gasteiger partial charge in [-0.25, -0.2) is 4.98 Å². The largest absolute Gasteiger partial charge is 0.378 e. The molecule has 4 heteroatoms. The molecule has 0 amide bonds. The Bertz CT molecular complexity index is 398. The number of anilines is 1. The number of nitrogens with zero attached hydrogens (tertiary/aromatic N) is 2. The molecule has 1 aromatic rings. The summed E-state index contributed by atoms with van der Waals surface area (Å²) in [7, 11) is 0. The first-order valence-corrected chi connectivity index (χ1v) is 8.43. The van der Waals surface area contributed by atoms with Crippen molar-refractivity contribution in [2.75, 3.05) is 31.1 Å². The SMILES string of the molecule is c1ccc(N2CCC(NCCC3CCCCO3)CC2)nc1. The minimum Gasteiger partial charge on any atom is -0.378 e. The number of nitrogens with one attached hydrogen (secondary N) is 1. The molecule has 1 N–H and O–H groups in total. The van der Waals surface area contributed by atoms with E-state index in [2.05, 4.69) is 27.3 Å². The van der Waals surface area contributed by atoms with Crippen molar-refractivity contribution in [2.24, 2.45) is 0 Å². The topological polar surface area (TPSA) is 37.4 Å². The van der Waals surface area contributed by atoms with Crippen LogP contribution in [0.4, 0.5) is 5.82 Å². The van der Waals surface area contributed by atoms with Crippen molar-refractivity contribution in [2.45, 2.75) is 50.7 Å². The molecule has 2 saturated heterocycles. The zero-order valence-electron chi connectivity index (χ0n) is 12.8. The Morgan fingerprint density at radius 1 is 1.19 bits per heavy atom. The molecule has 4 nitrogen and oxygen atoms in total. The van der Waals surface area contributed by atoms with Crippen molar-refractivity contribution < 1.29 is 4.74 Å². The normalized spacial score (nSPS) is 24.2. The van der Waals surface area contributed by atoms with Gasteiger partial charge in [-0.3, -0.25) is 0 Å². The lowest BCUT2D eigenvalue weighted by Gasteiger charge is -2.33. The molecular formula is C17H27N3O. The zero-order chi connectivity index (χ0) is 14.3. The number of aromatic nitrogens is 1. The highest BCUT2D eigenvalue weighted by molar-refractivity contribution is 5.38. The van der Waals surface area contributed by atoms with E-state index < -0.39 is 0 Å². The monoisotopic (exact) mass is 289 g/mol. The van der Waals surface area contributed by atoms with E-state index in [1.807, 2.05) is 12.3 Å². The van der Waals surface area contributed by atoms with Gasteiger partial charge in [-0.1, -0.05) is 6.07 Å². The highest BCUT2D eigenvalue weighted by Gasteiger charge is 2.20. The van der Waals surface area contributed by atoms with Gasteiger partial charge >= 0.3 is 0 Å². The molecule has 3 rings (SSSR count). The number of hydrogen-bond acceptors (Lipinski definition) is 4. The van der Waals surface area contributed by atoms with Gasteiger partial charge in [-0.15, -0.1) is 0 Å². The first-order chi connectivity index (χ1) is 10.4. The average Bonchev–Trinajstić information content (AvgIpc) is 2.57. The lowest BCUT2D eigenvalue weighted by Crippen LogP contribution is -2.43. The predicted octanol–water partition coefficient (Wildman–Crippen LogP) is 2.60. The predicted molar refractivity (Wildman–Crippen MR) is 85.7 cm³/mol. The smallest absolute Gasteiger partial charge is 0.128 e. The summed E-state index contributed by atoms with van der Waals surface area (Å²) in [5.41, 5.74) is 0. The summed E-state index contributed by atoms with van der Waals surface area (Å²) >= 11 is 0. The van der Waals surface area contributed by atoms with Crippen LogP contribution in [-0.4, -0.2) is 43.4 Å². The van der Waals surface area contributed by atoms with E-state index in [4.69, 9.17) is 4.74 Å². The molecule has 1 atom stereocenters. The molecule has 0 radical (unpaired) electrons. The van der Waals surface area contributed by atoms with Crippen LogP contribution < -0.4 is 10.2 Å². The van der Waals surface area contributed by atoms with Gasteiger partial charge in [0.1, 0.15) is 5.82 Å². The van der Waals surface area contributed by atoms with Gasteiger partial charge in [0.05, 0.1) is 6.10 Å². The first kappa shape index (κ1) is 14.8. The number of pyridine rings is 1. The second-order valence-electron chi connectivity index (χ2n) is 6.18. The van der Waals surface area contributed by atoms with Crippen LogP contribution in [-0.2, 0) is 4.74 Å². The third kappa shape index (κ3) is 4.42. The number of piperidine rings is 1. The highest BCUT2D eigenvalue weighted by atomic mass is 16.5. The lowest BCUT2D eigenvalue weighted by molar-refractivity contribution is 0.0111. The fraction of sp³-hybridized carbons (Fsp3) is 0.706. The molecule has 2 aliphatic heterocycles.